The summed E-state index contributed by atoms with van der Waals surface area (Å²) >= 11 is 0. The third kappa shape index (κ3) is 46.9. The molecule has 0 aromatic heterocycles. The van der Waals surface area contributed by atoms with Gasteiger partial charge in [0.25, 0.3) is 0 Å². The van der Waals surface area contributed by atoms with Gasteiger partial charge >= 0.3 is 0 Å². The average molecular weight is 451 g/mol. The first kappa shape index (κ1) is 35.4. The Hall–Kier alpha value is -1.15. The third-order valence-corrected chi connectivity index (χ3v) is 5.07. The minimum atomic E-state index is 0.191. The zero-order valence-corrected chi connectivity index (χ0v) is 22.3. The Morgan fingerprint density at radius 3 is 1.38 bits per heavy atom. The molecular weight excluding hydrogens is 392 g/mol. The lowest BCUT2D eigenvalue weighted by molar-refractivity contribution is -0.104. The fourth-order valence-corrected chi connectivity index (χ4v) is 3.07. The van der Waals surface area contributed by atoms with Crippen molar-refractivity contribution >= 4 is 6.29 Å². The van der Waals surface area contributed by atoms with Gasteiger partial charge in [0, 0.05) is 0 Å². The van der Waals surface area contributed by atoms with Gasteiger partial charge in [-0.05, 0) is 38.2 Å². The summed E-state index contributed by atoms with van der Waals surface area (Å²) in [5.74, 6) is 0. The lowest BCUT2D eigenvalue weighted by Gasteiger charge is -1.99. The molecule has 0 atom stereocenters. The van der Waals surface area contributed by atoms with Gasteiger partial charge in [-0.1, -0.05) is 142 Å². The number of hydrogen-bond acceptors (Lipinski definition) is 2. The van der Waals surface area contributed by atoms with E-state index in [1.54, 1.807) is 6.08 Å². The van der Waals surface area contributed by atoms with Crippen LogP contribution in [0.1, 0.15) is 143 Å². The van der Waals surface area contributed by atoms with Crippen molar-refractivity contribution in [3.05, 3.63) is 36.5 Å². The van der Waals surface area contributed by atoms with Gasteiger partial charge in [-0.3, -0.25) is 4.79 Å². The van der Waals surface area contributed by atoms with Crippen LogP contribution >= 0.6 is 0 Å². The molecule has 0 bridgehead atoms. The first-order chi connectivity index (χ1) is 15.7. The lowest BCUT2D eigenvalue weighted by atomic mass is 10.1. The maximum absolute atomic E-state index is 9.79. The maximum atomic E-state index is 9.79. The summed E-state index contributed by atoms with van der Waals surface area (Å²) in [5.41, 5.74) is 0. The average Bonchev–Trinajstić information content (AvgIpc) is 2.81. The van der Waals surface area contributed by atoms with Crippen LogP contribution in [-0.4, -0.2) is 18.0 Å². The van der Waals surface area contributed by atoms with Crippen LogP contribution in [0.2, 0.25) is 0 Å². The molecule has 32 heavy (non-hydrogen) atoms. The summed E-state index contributed by atoms with van der Waals surface area (Å²) in [6.07, 6.45) is 36.1. The molecule has 0 saturated heterocycles. The van der Waals surface area contributed by atoms with Crippen molar-refractivity contribution in [1.82, 2.24) is 0 Å². The molecular formula is C30H58O2. The number of aliphatic hydroxyl groups excluding tert-OH is 1. The Morgan fingerprint density at radius 1 is 0.500 bits per heavy atom. The molecule has 190 valence electrons. The predicted octanol–water partition coefficient (Wildman–Crippen LogP) is 9.92. The SMILES string of the molecule is CC/C=C\CC/C=C/C=O.CCCCCCCC.CCCCCCCCCC/C=C/CO. The van der Waals surface area contributed by atoms with E-state index in [9.17, 15) is 4.79 Å². The number of unbranched alkanes of at least 4 members (excludes halogenated alkanes) is 14. The Balaban J connectivity index is -0.000000413. The summed E-state index contributed by atoms with van der Waals surface area (Å²) in [5, 5.41) is 8.50. The van der Waals surface area contributed by atoms with Crippen molar-refractivity contribution in [3.63, 3.8) is 0 Å². The molecule has 0 saturated carbocycles. The van der Waals surface area contributed by atoms with Crippen LogP contribution < -0.4 is 0 Å². The van der Waals surface area contributed by atoms with Gasteiger partial charge in [-0.2, -0.15) is 0 Å². The molecule has 0 aromatic rings. The number of carbonyl (C=O) groups excluding carboxylic acids is 1. The Morgan fingerprint density at radius 2 is 0.938 bits per heavy atom. The molecule has 2 nitrogen and oxygen atoms in total. The highest BCUT2D eigenvalue weighted by molar-refractivity contribution is 5.64. The van der Waals surface area contributed by atoms with Gasteiger partial charge in [0.05, 0.1) is 6.61 Å². The zero-order chi connectivity index (χ0) is 24.4. The van der Waals surface area contributed by atoms with E-state index in [4.69, 9.17) is 5.11 Å². The Kier molecular flexibility index (Phi) is 44.6. The summed E-state index contributed by atoms with van der Waals surface area (Å²) in [7, 11) is 0. The number of allylic oxidation sites excluding steroid dienone is 5. The topological polar surface area (TPSA) is 37.3 Å². The minimum Gasteiger partial charge on any atom is -0.392 e. The van der Waals surface area contributed by atoms with Gasteiger partial charge in [-0.15, -0.1) is 0 Å². The predicted molar refractivity (Wildman–Crippen MR) is 146 cm³/mol. The molecule has 0 amide bonds. The second-order valence-corrected chi connectivity index (χ2v) is 8.35. The van der Waals surface area contributed by atoms with Crippen LogP contribution in [0, 0.1) is 0 Å². The molecule has 0 fully saturated rings. The molecule has 0 heterocycles. The molecule has 1 N–H and O–H groups in total. The van der Waals surface area contributed by atoms with Crippen molar-refractivity contribution in [2.75, 3.05) is 6.61 Å². The van der Waals surface area contributed by atoms with Crippen LogP contribution in [-0.2, 0) is 4.79 Å². The van der Waals surface area contributed by atoms with Gasteiger partial charge in [0.15, 0.2) is 0 Å². The first-order valence-corrected chi connectivity index (χ1v) is 13.8. The van der Waals surface area contributed by atoms with Crippen LogP contribution in [0.15, 0.2) is 36.5 Å². The molecule has 0 radical (unpaired) electrons. The summed E-state index contributed by atoms with van der Waals surface area (Å²) in [6, 6.07) is 0. The fourth-order valence-electron chi connectivity index (χ4n) is 3.07. The summed E-state index contributed by atoms with van der Waals surface area (Å²) in [6.45, 7) is 9.07. The molecule has 0 spiro atoms. The van der Waals surface area contributed by atoms with E-state index in [0.29, 0.717) is 0 Å². The van der Waals surface area contributed by atoms with Crippen molar-refractivity contribution in [1.29, 1.82) is 0 Å². The van der Waals surface area contributed by atoms with E-state index in [1.165, 1.54) is 89.9 Å². The zero-order valence-electron chi connectivity index (χ0n) is 22.3. The minimum absolute atomic E-state index is 0.191. The summed E-state index contributed by atoms with van der Waals surface area (Å²) in [4.78, 5) is 9.79. The largest absolute Gasteiger partial charge is 0.392 e. The van der Waals surface area contributed by atoms with Gasteiger partial charge in [0.1, 0.15) is 6.29 Å². The second kappa shape index (κ2) is 40.2. The van der Waals surface area contributed by atoms with Gasteiger partial charge in [0.2, 0.25) is 0 Å². The van der Waals surface area contributed by atoms with Crippen LogP contribution in [0.25, 0.3) is 0 Å². The number of carbonyl (C=O) groups is 1. The Bertz CT molecular complexity index is 376. The van der Waals surface area contributed by atoms with E-state index in [2.05, 4.69) is 45.9 Å². The van der Waals surface area contributed by atoms with Crippen molar-refractivity contribution in [2.24, 2.45) is 0 Å². The second-order valence-electron chi connectivity index (χ2n) is 8.35. The molecule has 0 aliphatic carbocycles. The monoisotopic (exact) mass is 450 g/mol. The maximum Gasteiger partial charge on any atom is 0.142 e. The lowest BCUT2D eigenvalue weighted by Crippen LogP contribution is -1.80. The van der Waals surface area contributed by atoms with Crippen molar-refractivity contribution in [2.45, 2.75) is 143 Å². The molecule has 0 rings (SSSR count). The normalized spacial score (nSPS) is 10.9. The highest BCUT2D eigenvalue weighted by atomic mass is 16.2. The van der Waals surface area contributed by atoms with Gasteiger partial charge < -0.3 is 5.11 Å². The first-order valence-electron chi connectivity index (χ1n) is 13.8. The fraction of sp³-hybridized carbons (Fsp3) is 0.767. The van der Waals surface area contributed by atoms with Crippen LogP contribution in [0.5, 0.6) is 0 Å². The van der Waals surface area contributed by atoms with E-state index in [0.717, 1.165) is 32.0 Å². The quantitative estimate of drug-likeness (QED) is 0.0866. The third-order valence-electron chi connectivity index (χ3n) is 5.07. The standard InChI is InChI=1S/C13H26O.C9H14O.C8H18/c1-2-3-4-5-6-7-8-9-10-11-12-13-14;1-2-3-4-5-6-7-8-9-10;1-3-5-7-8-6-4-2/h11-12,14H,2-10,13H2,1H3;3-4,7-9H,2,5-6H2,1H3;3-8H2,1-2H3/b12-11+;4-3-,8-7+;. The number of hydrogen-bond donors (Lipinski definition) is 1. The Labute approximate surface area is 202 Å². The van der Waals surface area contributed by atoms with Gasteiger partial charge in [-0.25, -0.2) is 0 Å². The highest BCUT2D eigenvalue weighted by Gasteiger charge is 1.90. The molecule has 0 aromatic carbocycles. The number of aliphatic hydroxyl groups is 1. The molecule has 2 heteroatoms. The van der Waals surface area contributed by atoms with Crippen molar-refractivity contribution in [3.8, 4) is 0 Å². The molecule has 0 aliphatic heterocycles. The molecule has 0 aliphatic rings. The van der Waals surface area contributed by atoms with Crippen molar-refractivity contribution < 1.29 is 9.90 Å². The van der Waals surface area contributed by atoms with E-state index in [1.807, 2.05) is 12.2 Å². The smallest absolute Gasteiger partial charge is 0.142 e. The molecule has 0 unspecified atom stereocenters. The summed E-state index contributed by atoms with van der Waals surface area (Å²) < 4.78 is 0. The number of aldehydes is 1. The van der Waals surface area contributed by atoms with E-state index < -0.39 is 0 Å². The number of rotatable bonds is 20. The highest BCUT2D eigenvalue weighted by Crippen LogP contribution is 2.09. The van der Waals surface area contributed by atoms with Crippen LogP contribution in [0.3, 0.4) is 0 Å². The van der Waals surface area contributed by atoms with E-state index in [-0.39, 0.29) is 6.61 Å². The van der Waals surface area contributed by atoms with Crippen LogP contribution in [0.4, 0.5) is 0 Å². The van der Waals surface area contributed by atoms with E-state index >= 15 is 0 Å².